The second-order valence-corrected chi connectivity index (χ2v) is 4.09. The predicted molar refractivity (Wildman–Crippen MR) is 57.8 cm³/mol. The largest absolute Gasteiger partial charge is 0.336 e. The van der Waals surface area contributed by atoms with Crippen LogP contribution in [0.3, 0.4) is 0 Å². The Hall–Kier alpha value is -1.49. The van der Waals surface area contributed by atoms with Gasteiger partial charge in [-0.05, 0) is 23.9 Å². The summed E-state index contributed by atoms with van der Waals surface area (Å²) in [7, 11) is 0. The fourth-order valence-corrected chi connectivity index (χ4v) is 2.07. The molecule has 3 amide bonds. The molecule has 1 N–H and O–H groups in total. The number of urea groups is 1. The van der Waals surface area contributed by atoms with Crippen LogP contribution in [-0.2, 0) is 0 Å². The number of thioether (sulfide) groups is 1. The first-order valence-electron chi connectivity index (χ1n) is 4.59. The minimum atomic E-state index is -0.302. The van der Waals surface area contributed by atoms with E-state index in [-0.39, 0.29) is 11.3 Å². The van der Waals surface area contributed by atoms with E-state index in [0.717, 1.165) is 16.7 Å². The van der Waals surface area contributed by atoms with Crippen LogP contribution in [0.2, 0.25) is 0 Å². The SMILES string of the molecule is O=C1NCCN1C(=O)Sc1ccccc1. The molecule has 1 aromatic carbocycles. The Morgan fingerprint density at radius 3 is 2.67 bits per heavy atom. The van der Waals surface area contributed by atoms with E-state index in [4.69, 9.17) is 0 Å². The van der Waals surface area contributed by atoms with Crippen LogP contribution in [0.15, 0.2) is 35.2 Å². The maximum atomic E-state index is 11.7. The summed E-state index contributed by atoms with van der Waals surface area (Å²) in [5.74, 6) is 0. The number of carbonyl (C=O) groups excluding carboxylic acids is 2. The van der Waals surface area contributed by atoms with E-state index >= 15 is 0 Å². The molecule has 1 saturated heterocycles. The van der Waals surface area contributed by atoms with E-state index in [1.807, 2.05) is 30.3 Å². The molecule has 1 aliphatic heterocycles. The van der Waals surface area contributed by atoms with E-state index in [9.17, 15) is 9.59 Å². The van der Waals surface area contributed by atoms with E-state index in [1.165, 1.54) is 4.90 Å². The number of nitrogens with zero attached hydrogens (tertiary/aromatic N) is 1. The first-order chi connectivity index (χ1) is 7.27. The Labute approximate surface area is 91.6 Å². The monoisotopic (exact) mass is 222 g/mol. The molecule has 0 unspecified atom stereocenters. The molecule has 0 bridgehead atoms. The van der Waals surface area contributed by atoms with Gasteiger partial charge >= 0.3 is 6.03 Å². The van der Waals surface area contributed by atoms with E-state index in [1.54, 1.807) is 0 Å². The lowest BCUT2D eigenvalue weighted by molar-refractivity contribution is 0.213. The van der Waals surface area contributed by atoms with Gasteiger partial charge in [0.15, 0.2) is 0 Å². The highest BCUT2D eigenvalue weighted by Crippen LogP contribution is 2.21. The van der Waals surface area contributed by atoms with Crippen LogP contribution in [0, 0.1) is 0 Å². The number of benzene rings is 1. The van der Waals surface area contributed by atoms with E-state index < -0.39 is 0 Å². The molecule has 1 aliphatic rings. The molecule has 0 aliphatic carbocycles. The van der Waals surface area contributed by atoms with Gasteiger partial charge in [-0.25, -0.2) is 4.79 Å². The zero-order chi connectivity index (χ0) is 10.7. The number of rotatable bonds is 1. The molecule has 0 spiro atoms. The van der Waals surface area contributed by atoms with Gasteiger partial charge in [0.2, 0.25) is 0 Å². The van der Waals surface area contributed by atoms with E-state index in [0.29, 0.717) is 13.1 Å². The summed E-state index contributed by atoms with van der Waals surface area (Å²) in [5, 5.41) is 2.36. The van der Waals surface area contributed by atoms with Gasteiger partial charge in [0.25, 0.3) is 5.24 Å². The average Bonchev–Trinajstić information content (AvgIpc) is 2.66. The van der Waals surface area contributed by atoms with Crippen LogP contribution in [0.1, 0.15) is 0 Å². The molecule has 1 aromatic rings. The summed E-state index contributed by atoms with van der Waals surface area (Å²) in [6.07, 6.45) is 0. The van der Waals surface area contributed by atoms with Gasteiger partial charge in [0, 0.05) is 18.0 Å². The Balaban J connectivity index is 2.01. The maximum Gasteiger partial charge on any atom is 0.324 e. The third-order valence-corrected chi connectivity index (χ3v) is 2.93. The molecule has 78 valence electrons. The van der Waals surface area contributed by atoms with Gasteiger partial charge in [-0.15, -0.1) is 0 Å². The summed E-state index contributed by atoms with van der Waals surface area (Å²) in [4.78, 5) is 24.9. The third kappa shape index (κ3) is 2.30. The topological polar surface area (TPSA) is 49.4 Å². The van der Waals surface area contributed by atoms with Crippen LogP contribution < -0.4 is 5.32 Å². The predicted octanol–water partition coefficient (Wildman–Crippen LogP) is 1.92. The summed E-state index contributed by atoms with van der Waals surface area (Å²) < 4.78 is 0. The molecule has 0 aromatic heterocycles. The van der Waals surface area contributed by atoms with Crippen molar-refractivity contribution in [1.82, 2.24) is 10.2 Å². The standard InChI is InChI=1S/C10H10N2O2S/c13-9-11-6-7-12(9)10(14)15-8-4-2-1-3-5-8/h1-5H,6-7H2,(H,11,13). The zero-order valence-electron chi connectivity index (χ0n) is 7.97. The number of hydrogen-bond donors (Lipinski definition) is 1. The van der Waals surface area contributed by atoms with Crippen molar-refractivity contribution < 1.29 is 9.59 Å². The minimum absolute atomic E-state index is 0.226. The van der Waals surface area contributed by atoms with Crippen molar-refractivity contribution in [2.24, 2.45) is 0 Å². The molecule has 0 atom stereocenters. The number of nitrogens with one attached hydrogen (secondary N) is 1. The van der Waals surface area contributed by atoms with Gasteiger partial charge in [0.1, 0.15) is 0 Å². The highest BCUT2D eigenvalue weighted by atomic mass is 32.2. The molecular weight excluding hydrogens is 212 g/mol. The van der Waals surface area contributed by atoms with Gasteiger partial charge in [-0.1, -0.05) is 18.2 Å². The smallest absolute Gasteiger partial charge is 0.324 e. The number of imide groups is 1. The van der Waals surface area contributed by atoms with Crippen molar-refractivity contribution in [3.05, 3.63) is 30.3 Å². The highest BCUT2D eigenvalue weighted by Gasteiger charge is 2.26. The van der Waals surface area contributed by atoms with Gasteiger partial charge in [-0.3, -0.25) is 9.69 Å². The van der Waals surface area contributed by atoms with E-state index in [2.05, 4.69) is 5.32 Å². The lowest BCUT2D eigenvalue weighted by Crippen LogP contribution is -2.31. The second-order valence-electron chi connectivity index (χ2n) is 3.06. The van der Waals surface area contributed by atoms with Crippen molar-refractivity contribution in [3.63, 3.8) is 0 Å². The molecular formula is C10H10N2O2S. The van der Waals surface area contributed by atoms with Crippen LogP contribution in [0.5, 0.6) is 0 Å². The Bertz CT molecular complexity index is 380. The molecule has 15 heavy (non-hydrogen) atoms. The fraction of sp³-hybridized carbons (Fsp3) is 0.200. The van der Waals surface area contributed by atoms with Crippen molar-refractivity contribution in [2.75, 3.05) is 13.1 Å². The molecule has 0 radical (unpaired) electrons. The summed E-state index contributed by atoms with van der Waals surface area (Å²) in [6.45, 7) is 0.997. The number of carbonyl (C=O) groups is 2. The Kier molecular flexibility index (Phi) is 2.91. The summed E-state index contributed by atoms with van der Waals surface area (Å²) in [5.41, 5.74) is 0. The van der Waals surface area contributed by atoms with Gasteiger partial charge < -0.3 is 5.32 Å². The lowest BCUT2D eigenvalue weighted by atomic mass is 10.4. The normalized spacial score (nSPS) is 15.2. The molecule has 1 heterocycles. The van der Waals surface area contributed by atoms with Gasteiger partial charge in [-0.2, -0.15) is 0 Å². The Morgan fingerprint density at radius 1 is 1.33 bits per heavy atom. The molecule has 4 nitrogen and oxygen atoms in total. The lowest BCUT2D eigenvalue weighted by Gasteiger charge is -2.10. The summed E-state index contributed by atoms with van der Waals surface area (Å²) >= 11 is 1.07. The van der Waals surface area contributed by atoms with Crippen molar-refractivity contribution in [3.8, 4) is 0 Å². The fourth-order valence-electron chi connectivity index (χ4n) is 1.29. The van der Waals surface area contributed by atoms with Gasteiger partial charge in [0.05, 0.1) is 0 Å². The maximum absolute atomic E-state index is 11.7. The first kappa shape index (κ1) is 10.0. The molecule has 5 heteroatoms. The first-order valence-corrected chi connectivity index (χ1v) is 5.41. The van der Waals surface area contributed by atoms with Crippen molar-refractivity contribution in [1.29, 1.82) is 0 Å². The highest BCUT2D eigenvalue weighted by molar-refractivity contribution is 8.13. The molecule has 2 rings (SSSR count). The zero-order valence-corrected chi connectivity index (χ0v) is 8.79. The van der Waals surface area contributed by atoms with Crippen molar-refractivity contribution >= 4 is 23.0 Å². The van der Waals surface area contributed by atoms with Crippen molar-refractivity contribution in [2.45, 2.75) is 4.90 Å². The number of amides is 3. The third-order valence-electron chi connectivity index (χ3n) is 2.03. The average molecular weight is 222 g/mol. The Morgan fingerprint density at radius 2 is 2.07 bits per heavy atom. The molecule has 1 fully saturated rings. The second kappa shape index (κ2) is 4.35. The summed E-state index contributed by atoms with van der Waals surface area (Å²) in [6, 6.07) is 8.99. The van der Waals surface area contributed by atoms with Crippen LogP contribution in [-0.4, -0.2) is 29.3 Å². The quantitative estimate of drug-likeness (QED) is 0.738. The van der Waals surface area contributed by atoms with Crippen LogP contribution in [0.4, 0.5) is 9.59 Å². The minimum Gasteiger partial charge on any atom is -0.336 e. The van der Waals surface area contributed by atoms with Crippen LogP contribution >= 0.6 is 11.8 Å². The number of hydrogen-bond acceptors (Lipinski definition) is 3. The van der Waals surface area contributed by atoms with Crippen LogP contribution in [0.25, 0.3) is 0 Å². The molecule has 0 saturated carbocycles.